The van der Waals surface area contributed by atoms with Crippen molar-refractivity contribution in [3.63, 3.8) is 0 Å². The van der Waals surface area contributed by atoms with Crippen LogP contribution in [-0.4, -0.2) is 35.0 Å². The van der Waals surface area contributed by atoms with Gasteiger partial charge < -0.3 is 10.2 Å². The Kier molecular flexibility index (Phi) is 4.90. The van der Waals surface area contributed by atoms with Gasteiger partial charge in [-0.1, -0.05) is 0 Å². The molecule has 10 heteroatoms. The Balaban J connectivity index is 1.79. The first-order chi connectivity index (χ1) is 12.6. The zero-order chi connectivity index (χ0) is 19.9. The molecule has 1 atom stereocenters. The van der Waals surface area contributed by atoms with E-state index < -0.39 is 12.2 Å². The zero-order valence-corrected chi connectivity index (χ0v) is 15.8. The van der Waals surface area contributed by atoms with Gasteiger partial charge in [-0.05, 0) is 32.8 Å². The maximum absolute atomic E-state index is 13.2. The molecule has 27 heavy (non-hydrogen) atoms. The Morgan fingerprint density at radius 3 is 2.78 bits per heavy atom. The van der Waals surface area contributed by atoms with Gasteiger partial charge in [-0.3, -0.25) is 4.79 Å². The number of aromatic nitrogens is 2. The fraction of sp³-hybridized carbons (Fsp3) is 0.471. The van der Waals surface area contributed by atoms with Gasteiger partial charge in [-0.25, -0.2) is 4.68 Å². The number of aryl methyl sites for hydroxylation is 2. The molecule has 0 saturated carbocycles. The number of carbonyl (C=O) groups is 1. The number of thiophene rings is 1. The summed E-state index contributed by atoms with van der Waals surface area (Å²) in [6.07, 6.45) is -4.57. The minimum Gasteiger partial charge on any atom is -0.347 e. The van der Waals surface area contributed by atoms with Gasteiger partial charge in [0.2, 0.25) is 5.91 Å². The predicted molar refractivity (Wildman–Crippen MR) is 96.0 cm³/mol. The number of rotatable bonds is 3. The molecule has 1 aliphatic heterocycles. The van der Waals surface area contributed by atoms with Gasteiger partial charge in [0, 0.05) is 17.5 Å². The van der Waals surface area contributed by atoms with Gasteiger partial charge in [-0.2, -0.15) is 23.5 Å². The molecular formula is C17H18F3N5OS. The van der Waals surface area contributed by atoms with E-state index >= 15 is 0 Å². The highest BCUT2D eigenvalue weighted by molar-refractivity contribution is 7.16. The number of hydrogen-bond donors (Lipinski definition) is 1. The van der Waals surface area contributed by atoms with Crippen LogP contribution in [0.5, 0.6) is 0 Å². The summed E-state index contributed by atoms with van der Waals surface area (Å²) in [7, 11) is 0. The molecule has 0 saturated heterocycles. The minimum atomic E-state index is -4.39. The Labute approximate surface area is 158 Å². The number of carbonyl (C=O) groups excluding carboxylic acids is 1. The molecule has 2 aromatic rings. The van der Waals surface area contributed by atoms with Crippen molar-refractivity contribution in [2.75, 3.05) is 23.3 Å². The molecule has 1 amide bonds. The van der Waals surface area contributed by atoms with E-state index in [-0.39, 0.29) is 31.2 Å². The molecule has 0 radical (unpaired) electrons. The Morgan fingerprint density at radius 1 is 1.44 bits per heavy atom. The van der Waals surface area contributed by atoms with E-state index in [2.05, 4.69) is 16.5 Å². The zero-order valence-electron chi connectivity index (χ0n) is 15.0. The van der Waals surface area contributed by atoms with Gasteiger partial charge in [0.05, 0.1) is 17.8 Å². The summed E-state index contributed by atoms with van der Waals surface area (Å²) < 4.78 is 40.7. The summed E-state index contributed by atoms with van der Waals surface area (Å²) in [6, 6.07) is 1.94. The first kappa shape index (κ1) is 19.2. The van der Waals surface area contributed by atoms with Crippen molar-refractivity contribution in [1.82, 2.24) is 9.78 Å². The van der Waals surface area contributed by atoms with E-state index in [0.29, 0.717) is 16.3 Å². The molecule has 1 aliphatic rings. The van der Waals surface area contributed by atoms with Gasteiger partial charge in [0.1, 0.15) is 16.9 Å². The lowest BCUT2D eigenvalue weighted by Gasteiger charge is -2.34. The molecule has 0 unspecified atom stereocenters. The number of nitrogens with one attached hydrogen (secondary N) is 1. The lowest BCUT2D eigenvalue weighted by Crippen LogP contribution is -2.43. The van der Waals surface area contributed by atoms with Crippen molar-refractivity contribution in [3.8, 4) is 6.07 Å². The van der Waals surface area contributed by atoms with Crippen LogP contribution in [-0.2, 0) is 4.79 Å². The average molecular weight is 397 g/mol. The Morgan fingerprint density at radius 2 is 2.15 bits per heavy atom. The van der Waals surface area contributed by atoms with Crippen LogP contribution >= 0.6 is 11.3 Å². The topological polar surface area (TPSA) is 74.0 Å². The fourth-order valence-electron chi connectivity index (χ4n) is 3.14. The van der Waals surface area contributed by atoms with Crippen molar-refractivity contribution in [2.24, 2.45) is 0 Å². The summed E-state index contributed by atoms with van der Waals surface area (Å²) in [4.78, 5) is 15.0. The largest absolute Gasteiger partial charge is 0.410 e. The minimum absolute atomic E-state index is 0.0936. The SMILES string of the molecule is Cc1cc2n(n1)[C@H](C(F)(F)F)CCN2CC(=O)Nc1sc(C)c(C)c1C#N. The van der Waals surface area contributed by atoms with Crippen LogP contribution in [0.25, 0.3) is 0 Å². The number of anilines is 2. The number of nitriles is 1. The number of alkyl halides is 3. The average Bonchev–Trinajstić information content (AvgIpc) is 3.06. The lowest BCUT2D eigenvalue weighted by atomic mass is 10.1. The van der Waals surface area contributed by atoms with E-state index in [1.807, 2.05) is 13.8 Å². The van der Waals surface area contributed by atoms with Crippen molar-refractivity contribution in [3.05, 3.63) is 27.8 Å². The van der Waals surface area contributed by atoms with E-state index in [9.17, 15) is 23.2 Å². The van der Waals surface area contributed by atoms with Crippen molar-refractivity contribution >= 4 is 28.1 Å². The van der Waals surface area contributed by atoms with E-state index in [1.54, 1.807) is 17.9 Å². The lowest BCUT2D eigenvalue weighted by molar-refractivity contribution is -0.172. The number of fused-ring (bicyclic) bond motifs is 1. The molecular weight excluding hydrogens is 379 g/mol. The normalized spacial score (nSPS) is 16.8. The highest BCUT2D eigenvalue weighted by Gasteiger charge is 2.45. The number of nitrogens with zero attached hydrogens (tertiary/aromatic N) is 4. The number of hydrogen-bond acceptors (Lipinski definition) is 5. The van der Waals surface area contributed by atoms with Gasteiger partial charge in [0.15, 0.2) is 6.04 Å². The second kappa shape index (κ2) is 6.88. The Bertz CT molecular complexity index is 924. The van der Waals surface area contributed by atoms with Crippen LogP contribution in [0.15, 0.2) is 6.07 Å². The molecule has 0 spiro atoms. The third kappa shape index (κ3) is 3.64. The highest BCUT2D eigenvalue weighted by Crippen LogP contribution is 2.39. The molecule has 1 N–H and O–H groups in total. The molecule has 0 aromatic carbocycles. The smallest absolute Gasteiger partial charge is 0.347 e. The molecule has 0 fully saturated rings. The van der Waals surface area contributed by atoms with Crippen molar-refractivity contribution in [1.29, 1.82) is 5.26 Å². The van der Waals surface area contributed by atoms with Crippen LogP contribution in [0.1, 0.15) is 34.2 Å². The van der Waals surface area contributed by atoms with E-state index in [4.69, 9.17) is 0 Å². The third-order valence-electron chi connectivity index (χ3n) is 4.59. The van der Waals surface area contributed by atoms with Crippen molar-refractivity contribution < 1.29 is 18.0 Å². The highest BCUT2D eigenvalue weighted by atomic mass is 32.1. The maximum atomic E-state index is 13.2. The molecule has 144 valence electrons. The van der Waals surface area contributed by atoms with Crippen LogP contribution in [0.4, 0.5) is 24.0 Å². The van der Waals surface area contributed by atoms with Crippen LogP contribution in [0.2, 0.25) is 0 Å². The monoisotopic (exact) mass is 397 g/mol. The molecule has 6 nitrogen and oxygen atoms in total. The summed E-state index contributed by atoms with van der Waals surface area (Å²) in [5.41, 5.74) is 1.70. The van der Waals surface area contributed by atoms with E-state index in [1.165, 1.54) is 11.3 Å². The van der Waals surface area contributed by atoms with Gasteiger partial charge in [-0.15, -0.1) is 11.3 Å². The molecule has 2 aromatic heterocycles. The second-order valence-corrected chi connectivity index (χ2v) is 7.73. The van der Waals surface area contributed by atoms with E-state index in [0.717, 1.165) is 15.1 Å². The van der Waals surface area contributed by atoms with Crippen LogP contribution < -0.4 is 10.2 Å². The van der Waals surface area contributed by atoms with Crippen molar-refractivity contribution in [2.45, 2.75) is 39.4 Å². The van der Waals surface area contributed by atoms with Crippen LogP contribution in [0.3, 0.4) is 0 Å². The molecule has 3 heterocycles. The third-order valence-corrected chi connectivity index (χ3v) is 5.71. The number of amides is 1. The first-order valence-electron chi connectivity index (χ1n) is 8.29. The standard InChI is InChI=1S/C17H18F3N5OS/c1-9-6-15-24(5-4-13(17(18,19)20)25(15)23-9)8-14(26)22-16-12(7-21)10(2)11(3)27-16/h6,13H,4-5,8H2,1-3H3,(H,22,26)/t13-/m0/s1. The maximum Gasteiger partial charge on any atom is 0.410 e. The predicted octanol–water partition coefficient (Wildman–Crippen LogP) is 3.69. The first-order valence-corrected chi connectivity index (χ1v) is 9.11. The summed E-state index contributed by atoms with van der Waals surface area (Å²) >= 11 is 1.31. The fourth-order valence-corrected chi connectivity index (χ4v) is 4.16. The number of halogens is 3. The summed E-state index contributed by atoms with van der Waals surface area (Å²) in [6.45, 7) is 5.27. The molecule has 0 bridgehead atoms. The summed E-state index contributed by atoms with van der Waals surface area (Å²) in [5, 5.41) is 16.4. The van der Waals surface area contributed by atoms with Gasteiger partial charge in [0.25, 0.3) is 0 Å². The molecule has 3 rings (SSSR count). The quantitative estimate of drug-likeness (QED) is 0.857. The summed E-state index contributed by atoms with van der Waals surface area (Å²) in [5.74, 6) is -0.112. The van der Waals surface area contributed by atoms with Crippen LogP contribution in [0, 0.1) is 32.1 Å². The molecule has 0 aliphatic carbocycles. The van der Waals surface area contributed by atoms with Gasteiger partial charge >= 0.3 is 6.18 Å². The second-order valence-electron chi connectivity index (χ2n) is 6.50. The Hall–Kier alpha value is -2.54.